The molecule has 0 spiro atoms. The Kier molecular flexibility index (Phi) is 5.28. The van der Waals surface area contributed by atoms with E-state index in [0.717, 1.165) is 11.6 Å². The fourth-order valence-corrected chi connectivity index (χ4v) is 1.24. The van der Waals surface area contributed by atoms with Crippen LogP contribution in [0.3, 0.4) is 0 Å². The summed E-state index contributed by atoms with van der Waals surface area (Å²) < 4.78 is 0. The Bertz CT molecular complexity index is 351. The van der Waals surface area contributed by atoms with E-state index in [4.69, 9.17) is 21.8 Å². The monoisotopic (exact) mass is 243 g/mol. The number of hydrogen-bond acceptors (Lipinski definition) is 4. The van der Waals surface area contributed by atoms with Gasteiger partial charge in [-0.25, -0.2) is 0 Å². The van der Waals surface area contributed by atoms with E-state index in [1.807, 2.05) is 12.1 Å². The fraction of sp³-hybridized carbons (Fsp3) is 0.273. The molecule has 1 aromatic carbocycles. The smallest absolute Gasteiger partial charge is 0.127 e. The Balaban J connectivity index is 2.42. The first kappa shape index (κ1) is 13.0. The van der Waals surface area contributed by atoms with E-state index in [-0.39, 0.29) is 5.76 Å². The van der Waals surface area contributed by atoms with Crippen molar-refractivity contribution in [2.45, 2.75) is 12.8 Å². The van der Waals surface area contributed by atoms with Crippen LogP contribution in [0.2, 0.25) is 5.02 Å². The van der Waals surface area contributed by atoms with Crippen LogP contribution in [-0.4, -0.2) is 28.2 Å². The molecule has 0 aromatic heterocycles. The molecule has 0 radical (unpaired) electrons. The Morgan fingerprint density at radius 2 is 2.00 bits per heavy atom. The van der Waals surface area contributed by atoms with Crippen LogP contribution in [0.15, 0.2) is 36.1 Å². The summed E-state index contributed by atoms with van der Waals surface area (Å²) >= 11 is 5.72. The van der Waals surface area contributed by atoms with Crippen molar-refractivity contribution < 1.29 is 15.3 Å². The molecule has 0 amide bonds. The number of hydrogen-bond donors (Lipinski definition) is 4. The highest BCUT2D eigenvalue weighted by atomic mass is 35.5. The van der Waals surface area contributed by atoms with Crippen LogP contribution < -0.4 is 5.32 Å². The van der Waals surface area contributed by atoms with Gasteiger partial charge in [-0.2, -0.15) is 0 Å². The summed E-state index contributed by atoms with van der Waals surface area (Å²) in [4.78, 5) is 0. The molecular weight excluding hydrogens is 230 g/mol. The number of rotatable bonds is 5. The maximum atomic E-state index is 9.38. The van der Waals surface area contributed by atoms with Gasteiger partial charge in [0.25, 0.3) is 0 Å². The van der Waals surface area contributed by atoms with Crippen LogP contribution in [0.4, 0.5) is 0 Å². The molecule has 4 N–H and O–H groups in total. The van der Waals surface area contributed by atoms with Crippen molar-refractivity contribution in [3.63, 3.8) is 0 Å². The number of aliphatic hydroxyl groups is 3. The molecule has 4 nitrogen and oxygen atoms in total. The second kappa shape index (κ2) is 6.50. The lowest BCUT2D eigenvalue weighted by molar-refractivity contribution is 0.171. The standard InChI is InChI=1S/C11H14ClNO3/c12-9-3-1-8(2-4-9)6-13-11(16)5-10(15)7-14/h1-5,11,13-16H,6-7H2/b10-5-. The highest BCUT2D eigenvalue weighted by Crippen LogP contribution is 2.09. The Morgan fingerprint density at radius 3 is 2.56 bits per heavy atom. The lowest BCUT2D eigenvalue weighted by Gasteiger charge is -2.09. The van der Waals surface area contributed by atoms with E-state index < -0.39 is 12.8 Å². The van der Waals surface area contributed by atoms with Crippen molar-refractivity contribution in [3.05, 3.63) is 46.7 Å². The zero-order chi connectivity index (χ0) is 12.0. The van der Waals surface area contributed by atoms with Crippen LogP contribution >= 0.6 is 11.6 Å². The molecule has 0 saturated carbocycles. The van der Waals surface area contributed by atoms with Crippen molar-refractivity contribution in [1.82, 2.24) is 5.32 Å². The largest absolute Gasteiger partial charge is 0.510 e. The van der Waals surface area contributed by atoms with Gasteiger partial charge in [-0.1, -0.05) is 23.7 Å². The number of benzene rings is 1. The van der Waals surface area contributed by atoms with E-state index in [0.29, 0.717) is 11.6 Å². The SMILES string of the molecule is OC/C(O)=C/C(O)NCc1ccc(Cl)cc1. The van der Waals surface area contributed by atoms with Crippen LogP contribution in [0, 0.1) is 0 Å². The first-order valence-electron chi connectivity index (χ1n) is 4.78. The zero-order valence-electron chi connectivity index (χ0n) is 8.60. The van der Waals surface area contributed by atoms with Crippen molar-refractivity contribution >= 4 is 11.6 Å². The van der Waals surface area contributed by atoms with Gasteiger partial charge in [0.2, 0.25) is 0 Å². The van der Waals surface area contributed by atoms with Crippen molar-refractivity contribution in [2.75, 3.05) is 6.61 Å². The number of aliphatic hydroxyl groups excluding tert-OH is 3. The van der Waals surface area contributed by atoms with E-state index in [9.17, 15) is 5.11 Å². The predicted octanol–water partition coefficient (Wildman–Crippen LogP) is 1.18. The van der Waals surface area contributed by atoms with Crippen molar-refractivity contribution in [2.24, 2.45) is 0 Å². The lowest BCUT2D eigenvalue weighted by Crippen LogP contribution is -2.26. The summed E-state index contributed by atoms with van der Waals surface area (Å²) in [7, 11) is 0. The first-order valence-corrected chi connectivity index (χ1v) is 5.16. The van der Waals surface area contributed by atoms with Gasteiger partial charge in [0.15, 0.2) is 0 Å². The highest BCUT2D eigenvalue weighted by Gasteiger charge is 2.01. The Labute approximate surface area is 98.8 Å². The minimum absolute atomic E-state index is 0.267. The second-order valence-corrected chi connectivity index (χ2v) is 3.70. The fourth-order valence-electron chi connectivity index (χ4n) is 1.12. The Hall–Kier alpha value is -1.07. The summed E-state index contributed by atoms with van der Waals surface area (Å²) in [5.74, 6) is -0.267. The molecule has 1 unspecified atom stereocenters. The summed E-state index contributed by atoms with van der Waals surface area (Å²) in [6, 6.07) is 7.17. The maximum absolute atomic E-state index is 9.38. The third-order valence-corrected chi connectivity index (χ3v) is 2.19. The predicted molar refractivity (Wildman–Crippen MR) is 62.1 cm³/mol. The summed E-state index contributed by atoms with van der Waals surface area (Å²) in [6.07, 6.45) is 0.137. The van der Waals surface area contributed by atoms with E-state index in [1.165, 1.54) is 0 Å². The molecule has 0 saturated heterocycles. The van der Waals surface area contributed by atoms with E-state index in [1.54, 1.807) is 12.1 Å². The molecular formula is C11H14ClNO3. The summed E-state index contributed by atoms with van der Waals surface area (Å²) in [6.45, 7) is -0.0484. The quantitative estimate of drug-likeness (QED) is 0.463. The molecule has 0 fully saturated rings. The van der Waals surface area contributed by atoms with Gasteiger partial charge in [-0.15, -0.1) is 0 Å². The molecule has 16 heavy (non-hydrogen) atoms. The molecule has 0 aliphatic rings. The molecule has 1 aromatic rings. The van der Waals surface area contributed by atoms with Crippen molar-refractivity contribution in [1.29, 1.82) is 0 Å². The van der Waals surface area contributed by atoms with Gasteiger partial charge in [0, 0.05) is 11.6 Å². The number of halogens is 1. The Morgan fingerprint density at radius 1 is 1.38 bits per heavy atom. The molecule has 0 heterocycles. The molecule has 0 aliphatic heterocycles. The van der Waals surface area contributed by atoms with Gasteiger partial charge >= 0.3 is 0 Å². The van der Waals surface area contributed by atoms with Crippen LogP contribution in [0.1, 0.15) is 5.56 Å². The normalized spacial score (nSPS) is 13.8. The molecule has 1 rings (SSSR count). The molecule has 1 atom stereocenters. The van der Waals surface area contributed by atoms with Gasteiger partial charge < -0.3 is 15.3 Å². The van der Waals surface area contributed by atoms with Gasteiger partial charge in [-0.3, -0.25) is 5.32 Å². The van der Waals surface area contributed by atoms with Gasteiger partial charge in [0.05, 0.1) is 6.61 Å². The topological polar surface area (TPSA) is 72.7 Å². The summed E-state index contributed by atoms with van der Waals surface area (Å²) in [5.41, 5.74) is 0.959. The van der Waals surface area contributed by atoms with E-state index in [2.05, 4.69) is 5.32 Å². The van der Waals surface area contributed by atoms with Crippen molar-refractivity contribution in [3.8, 4) is 0 Å². The molecule has 88 valence electrons. The molecule has 5 heteroatoms. The minimum atomic E-state index is -0.997. The third-order valence-electron chi connectivity index (χ3n) is 1.94. The average Bonchev–Trinajstić information content (AvgIpc) is 2.28. The lowest BCUT2D eigenvalue weighted by atomic mass is 10.2. The van der Waals surface area contributed by atoms with Gasteiger partial charge in [0.1, 0.15) is 12.0 Å². The zero-order valence-corrected chi connectivity index (χ0v) is 9.35. The average molecular weight is 244 g/mol. The minimum Gasteiger partial charge on any atom is -0.510 e. The maximum Gasteiger partial charge on any atom is 0.127 e. The van der Waals surface area contributed by atoms with Gasteiger partial charge in [-0.05, 0) is 23.8 Å². The summed E-state index contributed by atoms with van der Waals surface area (Å²) in [5, 5.41) is 30.3. The third kappa shape index (κ3) is 4.63. The number of nitrogens with one attached hydrogen (secondary N) is 1. The van der Waals surface area contributed by atoms with Crippen LogP contribution in [0.25, 0.3) is 0 Å². The second-order valence-electron chi connectivity index (χ2n) is 3.27. The van der Waals surface area contributed by atoms with E-state index >= 15 is 0 Å². The van der Waals surface area contributed by atoms with Crippen LogP contribution in [-0.2, 0) is 6.54 Å². The highest BCUT2D eigenvalue weighted by molar-refractivity contribution is 6.30. The molecule has 0 bridgehead atoms. The molecule has 0 aliphatic carbocycles. The van der Waals surface area contributed by atoms with Crippen LogP contribution in [0.5, 0.6) is 0 Å². The first-order chi connectivity index (χ1) is 7.61.